The van der Waals surface area contributed by atoms with Crippen LogP contribution in [0.2, 0.25) is 0 Å². The van der Waals surface area contributed by atoms with Crippen LogP contribution >= 0.6 is 0 Å². The summed E-state index contributed by atoms with van der Waals surface area (Å²) in [5.41, 5.74) is 6.76. The summed E-state index contributed by atoms with van der Waals surface area (Å²) in [4.78, 5) is 34.6. The van der Waals surface area contributed by atoms with Gasteiger partial charge in [0.05, 0.1) is 6.33 Å². The number of ether oxygens (including phenoxy) is 3. The van der Waals surface area contributed by atoms with E-state index in [-0.39, 0.29) is 12.4 Å². The number of nitrogens with zero attached hydrogens (tertiary/aromatic N) is 4. The predicted molar refractivity (Wildman–Crippen MR) is 80.4 cm³/mol. The Morgan fingerprint density at radius 1 is 1.33 bits per heavy atom. The molecule has 10 nitrogen and oxygen atoms in total. The first-order chi connectivity index (χ1) is 11.5. The van der Waals surface area contributed by atoms with Crippen LogP contribution in [0.3, 0.4) is 0 Å². The summed E-state index contributed by atoms with van der Waals surface area (Å²) in [5.74, 6) is -0.596. The molecule has 24 heavy (non-hydrogen) atoms. The third-order valence-electron chi connectivity index (χ3n) is 3.65. The summed E-state index contributed by atoms with van der Waals surface area (Å²) < 4.78 is 17.8. The van der Waals surface area contributed by atoms with Crippen LogP contribution in [0, 0.1) is 0 Å². The largest absolute Gasteiger partial charge is 0.463 e. The van der Waals surface area contributed by atoms with Gasteiger partial charge in [-0.1, -0.05) is 0 Å². The first kappa shape index (κ1) is 16.1. The Bertz CT molecular complexity index is 776. The van der Waals surface area contributed by atoms with Gasteiger partial charge >= 0.3 is 11.9 Å². The molecule has 2 N–H and O–H groups in total. The van der Waals surface area contributed by atoms with Gasteiger partial charge in [-0.15, -0.1) is 0 Å². The van der Waals surface area contributed by atoms with Crippen LogP contribution in [0.5, 0.6) is 0 Å². The maximum atomic E-state index is 11.3. The maximum Gasteiger partial charge on any atom is 0.303 e. The van der Waals surface area contributed by atoms with Gasteiger partial charge in [-0.3, -0.25) is 14.2 Å². The van der Waals surface area contributed by atoms with E-state index in [1.165, 1.54) is 20.2 Å². The summed E-state index contributed by atoms with van der Waals surface area (Å²) in [6.45, 7) is 2.61. The first-order valence-electron chi connectivity index (χ1n) is 7.34. The average molecular weight is 335 g/mol. The number of aromatic nitrogens is 4. The number of carbonyl (C=O) groups excluding carboxylic acids is 2. The predicted octanol–water partition coefficient (Wildman–Crippen LogP) is 0.191. The highest BCUT2D eigenvalue weighted by Crippen LogP contribution is 2.33. The molecule has 0 spiro atoms. The van der Waals surface area contributed by atoms with E-state index in [4.69, 9.17) is 19.9 Å². The van der Waals surface area contributed by atoms with E-state index in [0.29, 0.717) is 17.6 Å². The normalized spacial score (nSPS) is 23.3. The Labute approximate surface area is 136 Å². The van der Waals surface area contributed by atoms with Crippen LogP contribution in [0.15, 0.2) is 12.7 Å². The molecule has 0 bridgehead atoms. The van der Waals surface area contributed by atoms with Gasteiger partial charge in [0, 0.05) is 20.3 Å². The molecular formula is C14H17N5O5. The minimum absolute atomic E-state index is 0.00642. The van der Waals surface area contributed by atoms with Crippen molar-refractivity contribution in [2.45, 2.75) is 38.7 Å². The van der Waals surface area contributed by atoms with Gasteiger partial charge in [-0.05, 0) is 0 Å². The highest BCUT2D eigenvalue weighted by Gasteiger charge is 2.39. The lowest BCUT2D eigenvalue weighted by Gasteiger charge is -2.17. The first-order valence-corrected chi connectivity index (χ1v) is 7.34. The van der Waals surface area contributed by atoms with E-state index in [0.717, 1.165) is 0 Å². The van der Waals surface area contributed by atoms with Crippen molar-refractivity contribution in [3.63, 3.8) is 0 Å². The van der Waals surface area contributed by atoms with Crippen molar-refractivity contribution < 1.29 is 23.8 Å². The Morgan fingerprint density at radius 3 is 2.83 bits per heavy atom. The standard InChI is InChI=1S/C14H17N5O5/c1-7(20)22-4-10-9(23-8(2)21)3-11(24-10)19-6-18-12-13(15)16-5-17-14(12)19/h5-6,9-11H,3-4H2,1-2H3,(H2,15,16,17)/t9-,10+,11-/m1/s1. The monoisotopic (exact) mass is 335 g/mol. The minimum atomic E-state index is -0.570. The van der Waals surface area contributed by atoms with Gasteiger partial charge in [-0.2, -0.15) is 0 Å². The summed E-state index contributed by atoms with van der Waals surface area (Å²) in [7, 11) is 0. The molecule has 1 fully saturated rings. The molecule has 128 valence electrons. The van der Waals surface area contributed by atoms with Crippen molar-refractivity contribution in [2.75, 3.05) is 12.3 Å². The van der Waals surface area contributed by atoms with E-state index in [1.54, 1.807) is 10.9 Å². The second kappa shape index (κ2) is 6.40. The summed E-state index contributed by atoms with van der Waals surface area (Å²) in [6.07, 6.45) is 1.67. The number of anilines is 1. The number of imidazole rings is 1. The number of esters is 2. The quantitative estimate of drug-likeness (QED) is 0.777. The fourth-order valence-electron chi connectivity index (χ4n) is 2.64. The average Bonchev–Trinajstić information content (AvgIpc) is 3.09. The number of hydrogen-bond acceptors (Lipinski definition) is 9. The molecule has 3 atom stereocenters. The van der Waals surface area contributed by atoms with E-state index in [1.807, 2.05) is 0 Å². The van der Waals surface area contributed by atoms with Gasteiger partial charge in [0.2, 0.25) is 0 Å². The molecule has 0 radical (unpaired) electrons. The number of nitrogen functional groups attached to an aromatic ring is 1. The zero-order valence-corrected chi connectivity index (χ0v) is 13.2. The zero-order valence-electron chi connectivity index (χ0n) is 13.2. The summed E-state index contributed by atoms with van der Waals surface area (Å²) in [6, 6.07) is 0. The molecule has 0 unspecified atom stereocenters. The number of carbonyl (C=O) groups is 2. The molecule has 1 aliphatic rings. The maximum absolute atomic E-state index is 11.3. The van der Waals surface area contributed by atoms with E-state index >= 15 is 0 Å². The Balaban J connectivity index is 1.84. The second-order valence-electron chi connectivity index (χ2n) is 5.40. The fraction of sp³-hybridized carbons (Fsp3) is 0.500. The highest BCUT2D eigenvalue weighted by molar-refractivity contribution is 5.81. The van der Waals surface area contributed by atoms with Crippen molar-refractivity contribution in [1.82, 2.24) is 19.5 Å². The molecular weight excluding hydrogens is 318 g/mol. The lowest BCUT2D eigenvalue weighted by molar-refractivity contribution is -0.155. The molecule has 0 aliphatic carbocycles. The van der Waals surface area contributed by atoms with Crippen LogP contribution in [-0.2, 0) is 23.8 Å². The van der Waals surface area contributed by atoms with Crippen LogP contribution in [-0.4, -0.2) is 50.3 Å². The fourth-order valence-corrected chi connectivity index (χ4v) is 2.64. The van der Waals surface area contributed by atoms with Crippen molar-refractivity contribution in [3.8, 4) is 0 Å². The third kappa shape index (κ3) is 3.13. The smallest absolute Gasteiger partial charge is 0.303 e. The van der Waals surface area contributed by atoms with E-state index < -0.39 is 30.4 Å². The van der Waals surface area contributed by atoms with Crippen molar-refractivity contribution in [2.24, 2.45) is 0 Å². The Kier molecular flexibility index (Phi) is 4.30. The summed E-state index contributed by atoms with van der Waals surface area (Å²) in [5, 5.41) is 0. The minimum Gasteiger partial charge on any atom is -0.463 e. The van der Waals surface area contributed by atoms with Crippen LogP contribution < -0.4 is 5.73 Å². The molecule has 10 heteroatoms. The Morgan fingerprint density at radius 2 is 2.12 bits per heavy atom. The molecule has 3 heterocycles. The highest BCUT2D eigenvalue weighted by atomic mass is 16.6. The number of rotatable bonds is 4. The third-order valence-corrected chi connectivity index (χ3v) is 3.65. The van der Waals surface area contributed by atoms with Gasteiger partial charge in [-0.25, -0.2) is 15.0 Å². The molecule has 1 aliphatic heterocycles. The second-order valence-corrected chi connectivity index (χ2v) is 5.40. The van der Waals surface area contributed by atoms with Crippen LogP contribution in [0.1, 0.15) is 26.5 Å². The van der Waals surface area contributed by atoms with Crippen molar-refractivity contribution in [1.29, 1.82) is 0 Å². The molecule has 2 aromatic rings. The molecule has 2 aromatic heterocycles. The molecule has 1 saturated heterocycles. The lowest BCUT2D eigenvalue weighted by Crippen LogP contribution is -2.31. The van der Waals surface area contributed by atoms with Crippen LogP contribution in [0.25, 0.3) is 11.2 Å². The number of hydrogen-bond donors (Lipinski definition) is 1. The SMILES string of the molecule is CC(=O)OC[C@@H]1O[C@@H](n2cnc3c(N)ncnc32)C[C@H]1OC(C)=O. The van der Waals surface area contributed by atoms with Gasteiger partial charge < -0.3 is 19.9 Å². The molecule has 0 saturated carbocycles. The van der Waals surface area contributed by atoms with E-state index in [2.05, 4.69) is 15.0 Å². The molecule has 0 amide bonds. The Hall–Kier alpha value is -2.75. The molecule has 0 aromatic carbocycles. The van der Waals surface area contributed by atoms with Gasteiger partial charge in [0.15, 0.2) is 11.5 Å². The van der Waals surface area contributed by atoms with Crippen LogP contribution in [0.4, 0.5) is 5.82 Å². The lowest BCUT2D eigenvalue weighted by atomic mass is 10.2. The van der Waals surface area contributed by atoms with Gasteiger partial charge in [0.25, 0.3) is 0 Å². The van der Waals surface area contributed by atoms with Crippen molar-refractivity contribution >= 4 is 28.9 Å². The molecule has 3 rings (SSSR count). The van der Waals surface area contributed by atoms with Crippen molar-refractivity contribution in [3.05, 3.63) is 12.7 Å². The topological polar surface area (TPSA) is 131 Å². The number of nitrogens with two attached hydrogens (primary N) is 1. The van der Waals surface area contributed by atoms with E-state index in [9.17, 15) is 9.59 Å². The zero-order chi connectivity index (χ0) is 17.3. The summed E-state index contributed by atoms with van der Waals surface area (Å²) >= 11 is 0. The van der Waals surface area contributed by atoms with Gasteiger partial charge in [0.1, 0.15) is 36.9 Å². The number of fused-ring (bicyclic) bond motifs is 1.